The number of nitrogens with two attached hydrogens (primary N) is 1. The van der Waals surface area contributed by atoms with Gasteiger partial charge in [0.25, 0.3) is 5.91 Å². The van der Waals surface area contributed by atoms with Crippen LogP contribution in [0.4, 0.5) is 16.6 Å². The second-order valence-electron chi connectivity index (χ2n) is 6.36. The highest BCUT2D eigenvalue weighted by Crippen LogP contribution is 2.31. The van der Waals surface area contributed by atoms with Gasteiger partial charge in [0.15, 0.2) is 5.13 Å². The lowest BCUT2D eigenvalue weighted by Crippen LogP contribution is -2.36. The summed E-state index contributed by atoms with van der Waals surface area (Å²) in [5.74, 6) is 0.375. The average Bonchev–Trinajstić information content (AvgIpc) is 3.16. The molecule has 1 amide bonds. The van der Waals surface area contributed by atoms with Crippen molar-refractivity contribution in [2.75, 3.05) is 54.9 Å². The molecule has 146 valence electrons. The van der Waals surface area contributed by atoms with E-state index in [-0.39, 0.29) is 5.91 Å². The maximum Gasteiger partial charge on any atom is 0.274 e. The molecule has 4 rings (SSSR count). The molecule has 0 radical (unpaired) electrons. The van der Waals surface area contributed by atoms with Gasteiger partial charge in [-0.1, -0.05) is 17.4 Å². The smallest absolute Gasteiger partial charge is 0.274 e. The van der Waals surface area contributed by atoms with Gasteiger partial charge in [-0.2, -0.15) is 0 Å². The molecule has 2 aromatic heterocycles. The molecule has 1 aliphatic heterocycles. The fourth-order valence-electron chi connectivity index (χ4n) is 2.94. The first kappa shape index (κ1) is 18.6. The standard InChI is InChI=1S/C19H22N6O2S/c20-6-7-21-17-3-1-2-15(23-17)18(26)22-13-4-5-14-16(12-13)28-19(24-14)25-8-10-27-11-9-25/h1-5,12H,6-11,20H2,(H,21,23)(H,22,26). The number of hydrogen-bond donors (Lipinski definition) is 3. The van der Waals surface area contributed by atoms with Crippen LogP contribution in [0.5, 0.6) is 0 Å². The summed E-state index contributed by atoms with van der Waals surface area (Å²) in [7, 11) is 0. The van der Waals surface area contributed by atoms with Gasteiger partial charge >= 0.3 is 0 Å². The molecule has 0 bridgehead atoms. The molecule has 0 atom stereocenters. The first-order valence-electron chi connectivity index (χ1n) is 9.18. The average molecular weight is 398 g/mol. The van der Waals surface area contributed by atoms with E-state index in [1.165, 1.54) is 0 Å². The van der Waals surface area contributed by atoms with E-state index in [0.717, 1.165) is 47.3 Å². The number of hydrogen-bond acceptors (Lipinski definition) is 8. The third-order valence-electron chi connectivity index (χ3n) is 4.35. The van der Waals surface area contributed by atoms with Crippen LogP contribution in [-0.4, -0.2) is 55.3 Å². The Balaban J connectivity index is 1.49. The summed E-state index contributed by atoms with van der Waals surface area (Å²) in [4.78, 5) is 23.8. The molecule has 4 N–H and O–H groups in total. The zero-order chi connectivity index (χ0) is 19.3. The molecule has 1 aromatic carbocycles. The van der Waals surface area contributed by atoms with Gasteiger partial charge in [0.05, 0.1) is 23.4 Å². The second-order valence-corrected chi connectivity index (χ2v) is 7.37. The SMILES string of the molecule is NCCNc1cccc(C(=O)Nc2ccc3nc(N4CCOCC4)sc3c2)n1. The molecule has 3 aromatic rings. The van der Waals surface area contributed by atoms with Gasteiger partial charge in [-0.25, -0.2) is 9.97 Å². The molecule has 1 aliphatic rings. The van der Waals surface area contributed by atoms with Crippen molar-refractivity contribution in [2.24, 2.45) is 5.73 Å². The molecule has 0 unspecified atom stereocenters. The molecule has 0 saturated carbocycles. The second kappa shape index (κ2) is 8.51. The predicted octanol–water partition coefficient (Wildman–Crippen LogP) is 2.15. The van der Waals surface area contributed by atoms with Gasteiger partial charge in [-0.3, -0.25) is 4.79 Å². The third-order valence-corrected chi connectivity index (χ3v) is 5.43. The highest BCUT2D eigenvalue weighted by Gasteiger charge is 2.16. The minimum atomic E-state index is -0.256. The molecule has 9 heteroatoms. The number of nitrogens with one attached hydrogen (secondary N) is 2. The zero-order valence-corrected chi connectivity index (χ0v) is 16.2. The number of morpholine rings is 1. The maximum absolute atomic E-state index is 12.6. The van der Waals surface area contributed by atoms with Crippen LogP contribution in [0.15, 0.2) is 36.4 Å². The van der Waals surface area contributed by atoms with Gasteiger partial charge in [0.2, 0.25) is 0 Å². The first-order valence-corrected chi connectivity index (χ1v) is 10.0. The normalized spacial score (nSPS) is 14.2. The minimum Gasteiger partial charge on any atom is -0.378 e. The molecule has 0 aliphatic carbocycles. The Kier molecular flexibility index (Phi) is 5.65. The molecular weight excluding hydrogens is 376 g/mol. The lowest BCUT2D eigenvalue weighted by atomic mass is 10.2. The van der Waals surface area contributed by atoms with E-state index >= 15 is 0 Å². The number of rotatable bonds is 6. The van der Waals surface area contributed by atoms with Gasteiger partial charge < -0.3 is 26.0 Å². The van der Waals surface area contributed by atoms with Crippen molar-refractivity contribution in [3.05, 3.63) is 42.1 Å². The molecule has 3 heterocycles. The molecule has 28 heavy (non-hydrogen) atoms. The van der Waals surface area contributed by atoms with Crippen LogP contribution >= 0.6 is 11.3 Å². The van der Waals surface area contributed by atoms with Crippen LogP contribution in [0.1, 0.15) is 10.5 Å². The van der Waals surface area contributed by atoms with Crippen LogP contribution in [0, 0.1) is 0 Å². The molecular formula is C19H22N6O2S. The molecule has 0 spiro atoms. The minimum absolute atomic E-state index is 0.256. The number of aromatic nitrogens is 2. The van der Waals surface area contributed by atoms with Gasteiger partial charge in [-0.05, 0) is 30.3 Å². The monoisotopic (exact) mass is 398 g/mol. The Labute approximate surface area is 166 Å². The van der Waals surface area contributed by atoms with Gasteiger partial charge in [-0.15, -0.1) is 0 Å². The van der Waals surface area contributed by atoms with E-state index in [0.29, 0.717) is 24.6 Å². The number of amides is 1. The van der Waals surface area contributed by atoms with Gasteiger partial charge in [0.1, 0.15) is 11.5 Å². The van der Waals surface area contributed by atoms with Crippen molar-refractivity contribution in [1.82, 2.24) is 9.97 Å². The number of carbonyl (C=O) groups is 1. The number of fused-ring (bicyclic) bond motifs is 1. The summed E-state index contributed by atoms with van der Waals surface area (Å²) in [6.45, 7) is 4.26. The third kappa shape index (κ3) is 4.22. The molecule has 1 saturated heterocycles. The van der Waals surface area contributed by atoms with Crippen LogP contribution in [0.3, 0.4) is 0 Å². The van der Waals surface area contributed by atoms with E-state index < -0.39 is 0 Å². The Morgan fingerprint density at radius 3 is 2.89 bits per heavy atom. The van der Waals surface area contributed by atoms with Crippen molar-refractivity contribution in [3.63, 3.8) is 0 Å². The highest BCUT2D eigenvalue weighted by molar-refractivity contribution is 7.22. The Morgan fingerprint density at radius 1 is 1.21 bits per heavy atom. The van der Waals surface area contributed by atoms with Crippen LogP contribution in [-0.2, 0) is 4.74 Å². The maximum atomic E-state index is 12.6. The summed E-state index contributed by atoms with van der Waals surface area (Å²) < 4.78 is 6.43. The van der Waals surface area contributed by atoms with Gasteiger partial charge in [0, 0.05) is 31.9 Å². The topological polar surface area (TPSA) is 105 Å². The summed E-state index contributed by atoms with van der Waals surface area (Å²) in [5, 5.41) is 6.98. The number of anilines is 3. The number of carbonyl (C=O) groups excluding carboxylic acids is 1. The number of benzene rings is 1. The van der Waals surface area contributed by atoms with E-state index in [1.807, 2.05) is 24.3 Å². The fraction of sp³-hybridized carbons (Fsp3) is 0.316. The number of ether oxygens (including phenoxy) is 1. The van der Waals surface area contributed by atoms with Crippen LogP contribution in [0.25, 0.3) is 10.2 Å². The number of thiazole rings is 1. The molecule has 1 fully saturated rings. The lowest BCUT2D eigenvalue weighted by Gasteiger charge is -2.25. The predicted molar refractivity (Wildman–Crippen MR) is 112 cm³/mol. The summed E-state index contributed by atoms with van der Waals surface area (Å²) in [5.41, 5.74) is 7.48. The summed E-state index contributed by atoms with van der Waals surface area (Å²) in [6, 6.07) is 11.0. The van der Waals surface area contributed by atoms with Crippen LogP contribution < -0.4 is 21.3 Å². The Bertz CT molecular complexity index is 970. The van der Waals surface area contributed by atoms with E-state index in [1.54, 1.807) is 23.5 Å². The quantitative estimate of drug-likeness (QED) is 0.584. The zero-order valence-electron chi connectivity index (χ0n) is 15.4. The van der Waals surface area contributed by atoms with E-state index in [4.69, 9.17) is 15.5 Å². The fourth-order valence-corrected chi connectivity index (χ4v) is 3.99. The Hall–Kier alpha value is -2.75. The lowest BCUT2D eigenvalue weighted by molar-refractivity contribution is 0.102. The van der Waals surface area contributed by atoms with Crippen molar-refractivity contribution in [1.29, 1.82) is 0 Å². The van der Waals surface area contributed by atoms with Crippen LogP contribution in [0.2, 0.25) is 0 Å². The first-order chi connectivity index (χ1) is 13.7. The van der Waals surface area contributed by atoms with Crippen molar-refractivity contribution in [2.45, 2.75) is 0 Å². The van der Waals surface area contributed by atoms with E-state index in [2.05, 4.69) is 20.5 Å². The highest BCUT2D eigenvalue weighted by atomic mass is 32.1. The Morgan fingerprint density at radius 2 is 2.07 bits per heavy atom. The summed E-state index contributed by atoms with van der Waals surface area (Å²) in [6.07, 6.45) is 0. The summed E-state index contributed by atoms with van der Waals surface area (Å²) >= 11 is 1.62. The largest absolute Gasteiger partial charge is 0.378 e. The number of nitrogens with zero attached hydrogens (tertiary/aromatic N) is 3. The van der Waals surface area contributed by atoms with Crippen molar-refractivity contribution >= 4 is 44.1 Å². The van der Waals surface area contributed by atoms with Crippen molar-refractivity contribution < 1.29 is 9.53 Å². The van der Waals surface area contributed by atoms with E-state index in [9.17, 15) is 4.79 Å². The molecule has 8 nitrogen and oxygen atoms in total. The number of pyridine rings is 1. The van der Waals surface area contributed by atoms with Crippen molar-refractivity contribution in [3.8, 4) is 0 Å².